The fraction of sp³-hybridized carbons (Fsp3) is 0.579. The molecule has 4 rings (SSSR count). The zero-order valence-electron chi connectivity index (χ0n) is 16.4. The maximum atomic E-state index is 12.8. The number of ether oxygens (including phenoxy) is 2. The molecule has 1 aromatic carbocycles. The highest BCUT2D eigenvalue weighted by molar-refractivity contribution is 5.76. The predicted molar refractivity (Wildman–Crippen MR) is 101 cm³/mol. The van der Waals surface area contributed by atoms with Crippen LogP contribution in [-0.2, 0) is 17.9 Å². The second-order valence-electron chi connectivity index (χ2n) is 7.32. The molecule has 1 amide bonds. The summed E-state index contributed by atoms with van der Waals surface area (Å²) in [5, 5.41) is 11.9. The maximum Gasteiger partial charge on any atom is 0.244 e. The standard InChI is InChI=1S/C19H26N6O3/c1-14(15-5-6-16-17(11-15)28-10-9-27-16)23(2)19(26)13-25-18(20-21-22-25)12-24-7-3-4-8-24/h5-6,11,14H,3-4,7-10,12-13H2,1-2H3. The summed E-state index contributed by atoms with van der Waals surface area (Å²) in [6.07, 6.45) is 2.41. The smallest absolute Gasteiger partial charge is 0.244 e. The van der Waals surface area contributed by atoms with E-state index >= 15 is 0 Å². The van der Waals surface area contributed by atoms with Crippen molar-refractivity contribution in [3.63, 3.8) is 0 Å². The Morgan fingerprint density at radius 2 is 1.96 bits per heavy atom. The van der Waals surface area contributed by atoms with E-state index < -0.39 is 0 Å². The molecule has 1 unspecified atom stereocenters. The van der Waals surface area contributed by atoms with E-state index in [-0.39, 0.29) is 18.5 Å². The molecule has 150 valence electrons. The molecule has 0 aliphatic carbocycles. The average Bonchev–Trinajstić information content (AvgIpc) is 3.39. The van der Waals surface area contributed by atoms with Crippen molar-refractivity contribution in [2.24, 2.45) is 0 Å². The number of nitrogens with zero attached hydrogens (tertiary/aromatic N) is 6. The van der Waals surface area contributed by atoms with Gasteiger partial charge in [-0.2, -0.15) is 0 Å². The van der Waals surface area contributed by atoms with Crippen molar-refractivity contribution < 1.29 is 14.3 Å². The molecule has 1 atom stereocenters. The van der Waals surface area contributed by atoms with Gasteiger partial charge in [0.1, 0.15) is 19.8 Å². The molecule has 1 fully saturated rings. The molecule has 28 heavy (non-hydrogen) atoms. The van der Waals surface area contributed by atoms with Crippen molar-refractivity contribution in [3.05, 3.63) is 29.6 Å². The minimum Gasteiger partial charge on any atom is -0.486 e. The quantitative estimate of drug-likeness (QED) is 0.739. The summed E-state index contributed by atoms with van der Waals surface area (Å²) in [7, 11) is 1.80. The van der Waals surface area contributed by atoms with E-state index in [1.54, 1.807) is 16.6 Å². The highest BCUT2D eigenvalue weighted by atomic mass is 16.6. The highest BCUT2D eigenvalue weighted by Gasteiger charge is 2.23. The molecule has 0 radical (unpaired) electrons. The first-order valence-corrected chi connectivity index (χ1v) is 9.74. The van der Waals surface area contributed by atoms with Gasteiger partial charge in [0.05, 0.1) is 12.6 Å². The van der Waals surface area contributed by atoms with Crippen LogP contribution in [0.3, 0.4) is 0 Å². The van der Waals surface area contributed by atoms with Crippen LogP contribution in [0.15, 0.2) is 18.2 Å². The molecule has 9 heteroatoms. The van der Waals surface area contributed by atoms with E-state index in [4.69, 9.17) is 9.47 Å². The Bertz CT molecular complexity index is 833. The zero-order valence-corrected chi connectivity index (χ0v) is 16.4. The third-order valence-corrected chi connectivity index (χ3v) is 5.48. The Kier molecular flexibility index (Phi) is 5.43. The van der Waals surface area contributed by atoms with Crippen molar-refractivity contribution in [2.75, 3.05) is 33.4 Å². The van der Waals surface area contributed by atoms with Gasteiger partial charge in [0.15, 0.2) is 17.3 Å². The van der Waals surface area contributed by atoms with Gasteiger partial charge in [0.2, 0.25) is 5.91 Å². The Morgan fingerprint density at radius 1 is 1.21 bits per heavy atom. The Morgan fingerprint density at radius 3 is 2.75 bits per heavy atom. The fourth-order valence-electron chi connectivity index (χ4n) is 3.60. The van der Waals surface area contributed by atoms with Crippen molar-refractivity contribution in [1.29, 1.82) is 0 Å². The largest absolute Gasteiger partial charge is 0.486 e. The molecule has 9 nitrogen and oxygen atoms in total. The molecular weight excluding hydrogens is 360 g/mol. The summed E-state index contributed by atoms with van der Waals surface area (Å²) in [6.45, 7) is 6.02. The van der Waals surface area contributed by atoms with E-state index in [1.165, 1.54) is 12.8 Å². The van der Waals surface area contributed by atoms with Gasteiger partial charge >= 0.3 is 0 Å². The minimum absolute atomic E-state index is 0.0441. The summed E-state index contributed by atoms with van der Waals surface area (Å²) >= 11 is 0. The van der Waals surface area contributed by atoms with Crippen LogP contribution in [0.25, 0.3) is 0 Å². The van der Waals surface area contributed by atoms with Crippen LogP contribution in [0.1, 0.15) is 37.2 Å². The van der Waals surface area contributed by atoms with Gasteiger partial charge < -0.3 is 14.4 Å². The molecule has 3 heterocycles. The number of carbonyl (C=O) groups excluding carboxylic acids is 1. The first kappa shape index (κ1) is 18.7. The van der Waals surface area contributed by atoms with Gasteiger partial charge in [-0.05, 0) is 61.0 Å². The molecular formula is C19H26N6O3. The Hall–Kier alpha value is -2.68. The second-order valence-corrected chi connectivity index (χ2v) is 7.32. The lowest BCUT2D eigenvalue weighted by Crippen LogP contribution is -2.34. The summed E-state index contributed by atoms with van der Waals surface area (Å²) in [5.74, 6) is 2.16. The van der Waals surface area contributed by atoms with E-state index in [2.05, 4.69) is 20.4 Å². The number of benzene rings is 1. The van der Waals surface area contributed by atoms with Crippen LogP contribution in [0.2, 0.25) is 0 Å². The highest BCUT2D eigenvalue weighted by Crippen LogP contribution is 2.33. The molecule has 1 saturated heterocycles. The topological polar surface area (TPSA) is 85.6 Å². The maximum absolute atomic E-state index is 12.8. The van der Waals surface area contributed by atoms with Crippen LogP contribution in [0, 0.1) is 0 Å². The summed E-state index contributed by atoms with van der Waals surface area (Å²) in [5.41, 5.74) is 0.995. The predicted octanol–water partition coefficient (Wildman–Crippen LogP) is 1.26. The average molecular weight is 386 g/mol. The molecule has 1 aromatic heterocycles. The first-order chi connectivity index (χ1) is 13.6. The van der Waals surface area contributed by atoms with E-state index in [0.29, 0.717) is 19.8 Å². The Balaban J connectivity index is 1.41. The van der Waals surface area contributed by atoms with Gasteiger partial charge in [-0.3, -0.25) is 9.69 Å². The lowest BCUT2D eigenvalue weighted by molar-refractivity contribution is -0.132. The van der Waals surface area contributed by atoms with Crippen molar-refractivity contribution >= 4 is 5.91 Å². The van der Waals surface area contributed by atoms with Crippen LogP contribution < -0.4 is 9.47 Å². The van der Waals surface area contributed by atoms with Gasteiger partial charge in [0, 0.05) is 7.05 Å². The molecule has 0 spiro atoms. The summed E-state index contributed by atoms with van der Waals surface area (Å²) in [6, 6.07) is 5.70. The van der Waals surface area contributed by atoms with Crippen molar-refractivity contribution in [2.45, 2.75) is 38.9 Å². The molecule has 0 N–H and O–H groups in total. The number of tetrazole rings is 1. The van der Waals surface area contributed by atoms with Crippen LogP contribution >= 0.6 is 0 Å². The third-order valence-electron chi connectivity index (χ3n) is 5.48. The molecule has 0 saturated carbocycles. The van der Waals surface area contributed by atoms with E-state index in [0.717, 1.165) is 36.0 Å². The fourth-order valence-corrected chi connectivity index (χ4v) is 3.60. The number of carbonyl (C=O) groups is 1. The van der Waals surface area contributed by atoms with Crippen molar-refractivity contribution in [1.82, 2.24) is 30.0 Å². The number of aromatic nitrogens is 4. The number of likely N-dealkylation sites (tertiary alicyclic amines) is 1. The Labute approximate surface area is 164 Å². The van der Waals surface area contributed by atoms with Crippen LogP contribution in [-0.4, -0.2) is 69.3 Å². The van der Waals surface area contributed by atoms with E-state index in [1.807, 2.05) is 25.1 Å². The number of amides is 1. The number of rotatable bonds is 6. The van der Waals surface area contributed by atoms with Crippen molar-refractivity contribution in [3.8, 4) is 11.5 Å². The second kappa shape index (κ2) is 8.14. The minimum atomic E-state index is -0.109. The van der Waals surface area contributed by atoms with Gasteiger partial charge in [0.25, 0.3) is 0 Å². The summed E-state index contributed by atoms with van der Waals surface area (Å²) < 4.78 is 12.8. The lowest BCUT2D eigenvalue weighted by atomic mass is 10.1. The summed E-state index contributed by atoms with van der Waals surface area (Å²) in [4.78, 5) is 16.9. The molecule has 2 aliphatic heterocycles. The lowest BCUT2D eigenvalue weighted by Gasteiger charge is -2.27. The van der Waals surface area contributed by atoms with E-state index in [9.17, 15) is 4.79 Å². The number of fused-ring (bicyclic) bond motifs is 1. The number of hydrogen-bond acceptors (Lipinski definition) is 7. The van der Waals surface area contributed by atoms with Gasteiger partial charge in [-0.15, -0.1) is 5.10 Å². The number of hydrogen-bond donors (Lipinski definition) is 0. The zero-order chi connectivity index (χ0) is 19.5. The molecule has 2 aromatic rings. The van der Waals surface area contributed by atoms with Gasteiger partial charge in [-0.25, -0.2) is 4.68 Å². The SMILES string of the molecule is CC(c1ccc2c(c1)OCCO2)N(C)C(=O)Cn1nnnc1CN1CCCC1. The van der Waals surface area contributed by atoms with Crippen LogP contribution in [0.4, 0.5) is 0 Å². The normalized spacial score (nSPS) is 17.5. The number of likely N-dealkylation sites (N-methyl/N-ethyl adjacent to an activating group) is 1. The molecule has 2 aliphatic rings. The third kappa shape index (κ3) is 3.94. The van der Waals surface area contributed by atoms with Crippen LogP contribution in [0.5, 0.6) is 11.5 Å². The van der Waals surface area contributed by atoms with Gasteiger partial charge in [-0.1, -0.05) is 6.07 Å². The molecule has 0 bridgehead atoms. The first-order valence-electron chi connectivity index (χ1n) is 9.74. The monoisotopic (exact) mass is 386 g/mol.